The fourth-order valence-corrected chi connectivity index (χ4v) is 3.55. The summed E-state index contributed by atoms with van der Waals surface area (Å²) in [6.07, 6.45) is 2.40. The molecular formula is C20H30N2O3. The Labute approximate surface area is 150 Å². The standard InChI is InChI=1S/C20H30N2O3/c1-14(2)25-19-7-5-4-6-15(19)10-22-11-16(13-24-3)18(12-22)20(23)21-17-8-9-17/h4-7,14,16-18H,8-13H2,1-3H3,(H,21,23)/t16-,18+/m0/s1. The topological polar surface area (TPSA) is 50.8 Å². The second-order valence-corrected chi connectivity index (χ2v) is 7.57. The van der Waals surface area contributed by atoms with E-state index in [1.165, 1.54) is 5.56 Å². The second kappa shape index (κ2) is 8.19. The minimum atomic E-state index is 0.0127. The van der Waals surface area contributed by atoms with Crippen LogP contribution in [0.2, 0.25) is 0 Å². The molecule has 5 nitrogen and oxygen atoms in total. The summed E-state index contributed by atoms with van der Waals surface area (Å²) in [5.41, 5.74) is 1.18. The third kappa shape index (κ3) is 4.95. The fraction of sp³-hybridized carbons (Fsp3) is 0.650. The molecule has 2 aliphatic rings. The van der Waals surface area contributed by atoms with E-state index in [1.807, 2.05) is 32.0 Å². The predicted octanol–water partition coefficient (Wildman–Crippen LogP) is 2.45. The van der Waals surface area contributed by atoms with E-state index in [0.29, 0.717) is 12.6 Å². The number of rotatable bonds is 8. The molecule has 25 heavy (non-hydrogen) atoms. The molecule has 1 aliphatic carbocycles. The number of hydrogen-bond donors (Lipinski definition) is 1. The van der Waals surface area contributed by atoms with E-state index in [2.05, 4.69) is 16.3 Å². The van der Waals surface area contributed by atoms with Crippen molar-refractivity contribution in [2.24, 2.45) is 11.8 Å². The summed E-state index contributed by atoms with van der Waals surface area (Å²) in [5, 5.41) is 3.16. The van der Waals surface area contributed by atoms with Crippen molar-refractivity contribution < 1.29 is 14.3 Å². The van der Waals surface area contributed by atoms with Gasteiger partial charge in [-0.2, -0.15) is 0 Å². The van der Waals surface area contributed by atoms with Crippen LogP contribution >= 0.6 is 0 Å². The number of benzene rings is 1. The summed E-state index contributed by atoms with van der Waals surface area (Å²) in [4.78, 5) is 14.9. The molecule has 1 aromatic rings. The first kappa shape index (κ1) is 18.2. The Hall–Kier alpha value is -1.59. The largest absolute Gasteiger partial charge is 0.491 e. The first-order valence-corrected chi connectivity index (χ1v) is 9.33. The number of carbonyl (C=O) groups is 1. The van der Waals surface area contributed by atoms with E-state index in [1.54, 1.807) is 7.11 Å². The van der Waals surface area contributed by atoms with Crippen LogP contribution in [0.5, 0.6) is 5.75 Å². The molecule has 1 heterocycles. The predicted molar refractivity (Wildman–Crippen MR) is 97.5 cm³/mol. The van der Waals surface area contributed by atoms with E-state index < -0.39 is 0 Å². The molecule has 0 aromatic heterocycles. The summed E-state index contributed by atoms with van der Waals surface area (Å²) in [6, 6.07) is 8.59. The second-order valence-electron chi connectivity index (χ2n) is 7.57. The number of nitrogens with one attached hydrogen (secondary N) is 1. The quantitative estimate of drug-likeness (QED) is 0.785. The van der Waals surface area contributed by atoms with Crippen LogP contribution in [0, 0.1) is 11.8 Å². The Morgan fingerprint density at radius 1 is 1.28 bits per heavy atom. The van der Waals surface area contributed by atoms with Gasteiger partial charge in [-0.3, -0.25) is 9.69 Å². The molecule has 1 amide bonds. The lowest BCUT2D eigenvalue weighted by molar-refractivity contribution is -0.126. The number of nitrogens with zero attached hydrogens (tertiary/aromatic N) is 1. The Morgan fingerprint density at radius 2 is 2.04 bits per heavy atom. The maximum absolute atomic E-state index is 12.6. The average Bonchev–Trinajstić information content (AvgIpc) is 3.28. The Bertz CT molecular complexity index is 586. The lowest BCUT2D eigenvalue weighted by atomic mass is 9.96. The number of carbonyl (C=O) groups excluding carboxylic acids is 1. The number of ether oxygens (including phenoxy) is 2. The smallest absolute Gasteiger partial charge is 0.225 e. The molecule has 138 valence electrons. The molecule has 1 aromatic carbocycles. The van der Waals surface area contributed by atoms with Gasteiger partial charge in [0.15, 0.2) is 0 Å². The first-order valence-electron chi connectivity index (χ1n) is 9.33. The van der Waals surface area contributed by atoms with Crippen LogP contribution in [-0.4, -0.2) is 49.8 Å². The van der Waals surface area contributed by atoms with Crippen molar-refractivity contribution in [1.82, 2.24) is 10.2 Å². The van der Waals surface area contributed by atoms with Crippen LogP contribution < -0.4 is 10.1 Å². The van der Waals surface area contributed by atoms with Crippen LogP contribution in [0.25, 0.3) is 0 Å². The van der Waals surface area contributed by atoms with Crippen molar-refractivity contribution in [3.05, 3.63) is 29.8 Å². The minimum Gasteiger partial charge on any atom is -0.491 e. The van der Waals surface area contributed by atoms with Crippen LogP contribution in [-0.2, 0) is 16.1 Å². The first-order chi connectivity index (χ1) is 12.1. The Balaban J connectivity index is 1.65. The van der Waals surface area contributed by atoms with Gasteiger partial charge in [0.1, 0.15) is 5.75 Å². The van der Waals surface area contributed by atoms with Gasteiger partial charge in [0.05, 0.1) is 18.6 Å². The van der Waals surface area contributed by atoms with E-state index in [9.17, 15) is 4.79 Å². The van der Waals surface area contributed by atoms with Gasteiger partial charge in [-0.25, -0.2) is 0 Å². The van der Waals surface area contributed by atoms with Crippen molar-refractivity contribution in [2.75, 3.05) is 26.8 Å². The number of hydrogen-bond acceptors (Lipinski definition) is 4. The molecule has 1 saturated carbocycles. The van der Waals surface area contributed by atoms with Crippen LogP contribution in [0.3, 0.4) is 0 Å². The molecule has 2 fully saturated rings. The van der Waals surface area contributed by atoms with E-state index in [-0.39, 0.29) is 23.8 Å². The van der Waals surface area contributed by atoms with Gasteiger partial charge in [-0.05, 0) is 32.8 Å². The maximum atomic E-state index is 12.6. The van der Waals surface area contributed by atoms with Crippen molar-refractivity contribution in [3.63, 3.8) is 0 Å². The van der Waals surface area contributed by atoms with Crippen molar-refractivity contribution in [2.45, 2.75) is 45.4 Å². The molecule has 5 heteroatoms. The zero-order chi connectivity index (χ0) is 17.8. The fourth-order valence-electron chi connectivity index (χ4n) is 3.55. The number of methoxy groups -OCH3 is 1. The van der Waals surface area contributed by atoms with Gasteiger partial charge in [0.2, 0.25) is 5.91 Å². The summed E-state index contributed by atoms with van der Waals surface area (Å²) in [7, 11) is 1.71. The monoisotopic (exact) mass is 346 g/mol. The molecule has 2 atom stereocenters. The summed E-state index contributed by atoms with van der Waals surface area (Å²) in [5.74, 6) is 1.39. The van der Waals surface area contributed by atoms with E-state index in [4.69, 9.17) is 9.47 Å². The van der Waals surface area contributed by atoms with Crippen LogP contribution in [0.4, 0.5) is 0 Å². The van der Waals surface area contributed by atoms with Crippen LogP contribution in [0.15, 0.2) is 24.3 Å². The number of likely N-dealkylation sites (tertiary alicyclic amines) is 1. The molecule has 0 spiro atoms. The minimum absolute atomic E-state index is 0.0127. The van der Waals surface area contributed by atoms with E-state index >= 15 is 0 Å². The normalized spacial score (nSPS) is 23.8. The summed E-state index contributed by atoms with van der Waals surface area (Å²) >= 11 is 0. The highest BCUT2D eigenvalue weighted by molar-refractivity contribution is 5.80. The third-order valence-electron chi connectivity index (χ3n) is 4.89. The van der Waals surface area contributed by atoms with Gasteiger partial charge in [-0.1, -0.05) is 18.2 Å². The molecular weight excluding hydrogens is 316 g/mol. The van der Waals surface area contributed by atoms with Gasteiger partial charge in [0, 0.05) is 44.3 Å². The number of amides is 1. The van der Waals surface area contributed by atoms with E-state index in [0.717, 1.165) is 38.2 Å². The highest BCUT2D eigenvalue weighted by atomic mass is 16.5. The van der Waals surface area contributed by atoms with Gasteiger partial charge >= 0.3 is 0 Å². The molecule has 1 aliphatic heterocycles. The SMILES string of the molecule is COC[C@@H]1CN(Cc2ccccc2OC(C)C)C[C@H]1C(=O)NC1CC1. The Kier molecular flexibility index (Phi) is 5.97. The number of para-hydroxylation sites is 1. The third-order valence-corrected chi connectivity index (χ3v) is 4.89. The molecule has 1 N–H and O–H groups in total. The van der Waals surface area contributed by atoms with Crippen molar-refractivity contribution in [3.8, 4) is 5.75 Å². The summed E-state index contributed by atoms with van der Waals surface area (Å²) < 4.78 is 11.3. The molecule has 3 rings (SSSR count). The van der Waals surface area contributed by atoms with Gasteiger partial charge in [0.25, 0.3) is 0 Å². The summed E-state index contributed by atoms with van der Waals surface area (Å²) in [6.45, 7) is 7.17. The van der Waals surface area contributed by atoms with Crippen LogP contribution in [0.1, 0.15) is 32.3 Å². The van der Waals surface area contributed by atoms with Crippen molar-refractivity contribution in [1.29, 1.82) is 0 Å². The van der Waals surface area contributed by atoms with Gasteiger partial charge < -0.3 is 14.8 Å². The molecule has 0 unspecified atom stereocenters. The lowest BCUT2D eigenvalue weighted by Gasteiger charge is -2.19. The highest BCUT2D eigenvalue weighted by Crippen LogP contribution is 2.29. The maximum Gasteiger partial charge on any atom is 0.225 e. The Morgan fingerprint density at radius 3 is 2.72 bits per heavy atom. The molecule has 1 saturated heterocycles. The molecule has 0 bridgehead atoms. The van der Waals surface area contributed by atoms with Crippen molar-refractivity contribution >= 4 is 5.91 Å². The zero-order valence-electron chi connectivity index (χ0n) is 15.5. The lowest BCUT2D eigenvalue weighted by Crippen LogP contribution is -2.37. The highest BCUT2D eigenvalue weighted by Gasteiger charge is 2.39. The molecule has 0 radical (unpaired) electrons. The average molecular weight is 346 g/mol. The van der Waals surface area contributed by atoms with Gasteiger partial charge in [-0.15, -0.1) is 0 Å². The zero-order valence-corrected chi connectivity index (χ0v) is 15.5.